The summed E-state index contributed by atoms with van der Waals surface area (Å²) >= 11 is 0. The van der Waals surface area contributed by atoms with E-state index in [1.807, 2.05) is 12.1 Å². The average molecular weight is 335 g/mol. The third-order valence-electron chi connectivity index (χ3n) is 5.03. The highest BCUT2D eigenvalue weighted by Gasteiger charge is 2.44. The standard InChI is InChI=1S/C18H25NO5/c1-4-24-18(21)17-14(20)6-5-13-12-10-16(23-3)15(22-2)9-11(12)7-8-19(13)17/h9-10,13-14,17,20H,4-8H2,1-3H3/t13-,14-,17-/m0/s1. The predicted octanol–water partition coefficient (Wildman–Crippen LogP) is 1.69. The molecule has 6 nitrogen and oxygen atoms in total. The normalized spacial score (nSPS) is 26.2. The van der Waals surface area contributed by atoms with Gasteiger partial charge in [0.1, 0.15) is 6.04 Å². The predicted molar refractivity (Wildman–Crippen MR) is 88.4 cm³/mol. The molecule has 24 heavy (non-hydrogen) atoms. The molecule has 1 aromatic rings. The second-order valence-electron chi connectivity index (χ2n) is 6.25. The number of carbonyl (C=O) groups excluding carboxylic acids is 1. The van der Waals surface area contributed by atoms with E-state index in [0.717, 1.165) is 24.2 Å². The van der Waals surface area contributed by atoms with E-state index in [-0.39, 0.29) is 12.0 Å². The Balaban J connectivity index is 1.96. The summed E-state index contributed by atoms with van der Waals surface area (Å²) in [7, 11) is 3.25. The summed E-state index contributed by atoms with van der Waals surface area (Å²) in [6, 6.07) is 3.53. The van der Waals surface area contributed by atoms with Crippen LogP contribution in [-0.2, 0) is 16.0 Å². The van der Waals surface area contributed by atoms with Gasteiger partial charge in [-0.15, -0.1) is 0 Å². The maximum absolute atomic E-state index is 12.3. The lowest BCUT2D eigenvalue weighted by Gasteiger charge is -2.46. The average Bonchev–Trinajstić information content (AvgIpc) is 2.59. The van der Waals surface area contributed by atoms with Crippen molar-refractivity contribution >= 4 is 5.97 Å². The Kier molecular flexibility index (Phi) is 4.96. The molecule has 0 spiro atoms. The number of rotatable bonds is 4. The number of aliphatic hydroxyl groups is 1. The van der Waals surface area contributed by atoms with Gasteiger partial charge in [-0.3, -0.25) is 9.69 Å². The number of hydrogen-bond acceptors (Lipinski definition) is 6. The summed E-state index contributed by atoms with van der Waals surface area (Å²) in [5.74, 6) is 1.08. The van der Waals surface area contributed by atoms with Crippen LogP contribution in [0.25, 0.3) is 0 Å². The number of nitrogens with zero attached hydrogens (tertiary/aromatic N) is 1. The molecular formula is C18H25NO5. The van der Waals surface area contributed by atoms with Gasteiger partial charge >= 0.3 is 5.97 Å². The lowest BCUT2D eigenvalue weighted by atomic mass is 9.82. The molecule has 6 heteroatoms. The Morgan fingerprint density at radius 2 is 1.96 bits per heavy atom. The topological polar surface area (TPSA) is 68.2 Å². The molecule has 1 saturated heterocycles. The van der Waals surface area contributed by atoms with Gasteiger partial charge in [-0.25, -0.2) is 0 Å². The van der Waals surface area contributed by atoms with Crippen LogP contribution in [0.2, 0.25) is 0 Å². The van der Waals surface area contributed by atoms with Crippen LogP contribution in [0, 0.1) is 0 Å². The van der Waals surface area contributed by atoms with E-state index in [9.17, 15) is 9.90 Å². The molecule has 132 valence electrons. The Morgan fingerprint density at radius 1 is 1.25 bits per heavy atom. The molecule has 0 radical (unpaired) electrons. The van der Waals surface area contributed by atoms with Gasteiger partial charge in [0.15, 0.2) is 11.5 Å². The minimum atomic E-state index is -0.679. The van der Waals surface area contributed by atoms with Crippen molar-refractivity contribution in [1.82, 2.24) is 4.90 Å². The Bertz CT molecular complexity index is 618. The van der Waals surface area contributed by atoms with E-state index in [0.29, 0.717) is 25.3 Å². The molecule has 3 atom stereocenters. The van der Waals surface area contributed by atoms with Crippen molar-refractivity contribution in [3.8, 4) is 11.5 Å². The highest BCUT2D eigenvalue weighted by atomic mass is 16.5. The van der Waals surface area contributed by atoms with Gasteiger partial charge in [0.2, 0.25) is 0 Å². The van der Waals surface area contributed by atoms with Gasteiger partial charge in [-0.05, 0) is 49.4 Å². The SMILES string of the molecule is CCOC(=O)[C@@H]1[C@@H](O)CC[C@H]2c3cc(OC)c(OC)cc3CCN12. The van der Waals surface area contributed by atoms with Crippen molar-refractivity contribution in [2.45, 2.75) is 44.4 Å². The highest BCUT2D eigenvalue weighted by Crippen LogP contribution is 2.43. The number of ether oxygens (including phenoxy) is 3. The summed E-state index contributed by atoms with van der Waals surface area (Å²) in [4.78, 5) is 14.4. The van der Waals surface area contributed by atoms with E-state index in [1.54, 1.807) is 21.1 Å². The third kappa shape index (κ3) is 2.84. The van der Waals surface area contributed by atoms with Crippen molar-refractivity contribution in [1.29, 1.82) is 0 Å². The number of fused-ring (bicyclic) bond motifs is 3. The van der Waals surface area contributed by atoms with Gasteiger partial charge in [-0.1, -0.05) is 0 Å². The summed E-state index contributed by atoms with van der Waals surface area (Å²) in [6.07, 6.45) is 1.51. The molecule has 1 N–H and O–H groups in total. The molecule has 0 aromatic heterocycles. The molecule has 1 fully saturated rings. The maximum Gasteiger partial charge on any atom is 0.326 e. The number of methoxy groups -OCH3 is 2. The summed E-state index contributed by atoms with van der Waals surface area (Å²) in [5, 5.41) is 10.3. The van der Waals surface area contributed by atoms with Crippen LogP contribution in [0.15, 0.2) is 12.1 Å². The number of aliphatic hydroxyl groups excluding tert-OH is 1. The fourth-order valence-electron chi connectivity index (χ4n) is 3.93. The first-order valence-corrected chi connectivity index (χ1v) is 8.46. The zero-order chi connectivity index (χ0) is 17.3. The first-order valence-electron chi connectivity index (χ1n) is 8.46. The maximum atomic E-state index is 12.3. The van der Waals surface area contributed by atoms with Gasteiger partial charge in [0, 0.05) is 12.6 Å². The molecule has 0 saturated carbocycles. The van der Waals surface area contributed by atoms with Crippen LogP contribution in [-0.4, -0.2) is 55.5 Å². The second-order valence-corrected chi connectivity index (χ2v) is 6.25. The van der Waals surface area contributed by atoms with Crippen LogP contribution in [0.5, 0.6) is 11.5 Å². The molecular weight excluding hydrogens is 310 g/mol. The molecule has 0 bridgehead atoms. The molecule has 0 amide bonds. The lowest BCUT2D eigenvalue weighted by Crippen LogP contribution is -2.56. The molecule has 3 rings (SSSR count). The van der Waals surface area contributed by atoms with Crippen molar-refractivity contribution in [2.24, 2.45) is 0 Å². The van der Waals surface area contributed by atoms with E-state index in [4.69, 9.17) is 14.2 Å². The monoisotopic (exact) mass is 335 g/mol. The minimum absolute atomic E-state index is 0.0892. The second kappa shape index (κ2) is 6.99. The number of esters is 1. The van der Waals surface area contributed by atoms with Crippen molar-refractivity contribution in [3.05, 3.63) is 23.3 Å². The van der Waals surface area contributed by atoms with Gasteiger partial charge in [0.05, 0.1) is 26.9 Å². The van der Waals surface area contributed by atoms with E-state index < -0.39 is 12.1 Å². The summed E-state index contributed by atoms with van der Waals surface area (Å²) in [5.41, 5.74) is 2.37. The molecule has 0 unspecified atom stereocenters. The number of benzene rings is 1. The van der Waals surface area contributed by atoms with Crippen LogP contribution >= 0.6 is 0 Å². The number of carbonyl (C=O) groups is 1. The molecule has 2 aliphatic heterocycles. The quantitative estimate of drug-likeness (QED) is 0.845. The smallest absolute Gasteiger partial charge is 0.326 e. The van der Waals surface area contributed by atoms with Crippen LogP contribution in [0.4, 0.5) is 0 Å². The summed E-state index contributed by atoms with van der Waals surface area (Å²) in [6.45, 7) is 2.82. The largest absolute Gasteiger partial charge is 0.493 e. The van der Waals surface area contributed by atoms with E-state index in [2.05, 4.69) is 4.90 Å². The molecule has 2 heterocycles. The van der Waals surface area contributed by atoms with E-state index in [1.165, 1.54) is 5.56 Å². The van der Waals surface area contributed by atoms with Crippen LogP contribution < -0.4 is 9.47 Å². The van der Waals surface area contributed by atoms with Crippen molar-refractivity contribution in [3.63, 3.8) is 0 Å². The van der Waals surface area contributed by atoms with Crippen molar-refractivity contribution < 1.29 is 24.1 Å². The fourth-order valence-corrected chi connectivity index (χ4v) is 3.93. The van der Waals surface area contributed by atoms with E-state index >= 15 is 0 Å². The van der Waals surface area contributed by atoms with Crippen molar-refractivity contribution in [2.75, 3.05) is 27.4 Å². The fraction of sp³-hybridized carbons (Fsp3) is 0.611. The summed E-state index contributed by atoms with van der Waals surface area (Å²) < 4.78 is 16.0. The zero-order valence-electron chi connectivity index (χ0n) is 14.4. The zero-order valence-corrected chi connectivity index (χ0v) is 14.4. The Labute approximate surface area is 142 Å². The molecule has 1 aromatic carbocycles. The Hall–Kier alpha value is -1.79. The lowest BCUT2D eigenvalue weighted by molar-refractivity contribution is -0.159. The van der Waals surface area contributed by atoms with Crippen LogP contribution in [0.1, 0.15) is 36.9 Å². The minimum Gasteiger partial charge on any atom is -0.493 e. The number of hydrogen-bond donors (Lipinski definition) is 1. The van der Waals surface area contributed by atoms with Gasteiger partial charge in [-0.2, -0.15) is 0 Å². The van der Waals surface area contributed by atoms with Gasteiger partial charge in [0.25, 0.3) is 0 Å². The number of piperidine rings is 1. The van der Waals surface area contributed by atoms with Crippen LogP contribution in [0.3, 0.4) is 0 Å². The Morgan fingerprint density at radius 3 is 2.62 bits per heavy atom. The first kappa shape index (κ1) is 17.0. The third-order valence-corrected chi connectivity index (χ3v) is 5.03. The van der Waals surface area contributed by atoms with Gasteiger partial charge < -0.3 is 19.3 Å². The highest BCUT2D eigenvalue weighted by molar-refractivity contribution is 5.77. The first-order chi connectivity index (χ1) is 11.6. The molecule has 2 aliphatic rings. The molecule has 0 aliphatic carbocycles.